The summed E-state index contributed by atoms with van der Waals surface area (Å²) in [6.07, 6.45) is 13.6. The smallest absolute Gasteiger partial charge is 0.257 e. The molecule has 6 heterocycles. The Kier molecular flexibility index (Phi) is 32.0. The van der Waals surface area contributed by atoms with Crippen LogP contribution in [0, 0.1) is 0 Å². The van der Waals surface area contributed by atoms with Crippen LogP contribution in [0.15, 0.2) is 116 Å². The van der Waals surface area contributed by atoms with Gasteiger partial charge in [0.25, 0.3) is 5.91 Å². The third-order valence-corrected chi connectivity index (χ3v) is 21.3. The summed E-state index contributed by atoms with van der Waals surface area (Å²) in [5.74, 6) is -8.20. The molecule has 3 aromatic carbocycles. The van der Waals surface area contributed by atoms with Gasteiger partial charge in [0.15, 0.2) is 5.37 Å². The fourth-order valence-electron chi connectivity index (χ4n) is 13.4. The van der Waals surface area contributed by atoms with E-state index in [1.54, 1.807) is 60.1 Å². The summed E-state index contributed by atoms with van der Waals surface area (Å²) in [6, 6.07) is 10.6. The van der Waals surface area contributed by atoms with Crippen LogP contribution in [0.1, 0.15) is 119 Å². The molecule has 2 fully saturated rings. The molecule has 32 nitrogen and oxygen atoms in total. The van der Waals surface area contributed by atoms with Crippen LogP contribution in [0.5, 0.6) is 0 Å². The third-order valence-electron chi connectivity index (χ3n) is 19.4. The first-order valence-electron chi connectivity index (χ1n) is 37.2. The van der Waals surface area contributed by atoms with E-state index in [2.05, 4.69) is 88.4 Å². The number of hydrogen-bond donors (Lipinski definition) is 18. The maximum atomic E-state index is 15.3. The number of benzene rings is 3. The highest BCUT2D eigenvalue weighted by atomic mass is 33.1. The van der Waals surface area contributed by atoms with Gasteiger partial charge in [0.05, 0.1) is 24.9 Å². The van der Waals surface area contributed by atoms with Crippen molar-refractivity contribution in [1.29, 1.82) is 0 Å². The predicted molar refractivity (Wildman–Crippen MR) is 415 cm³/mol. The van der Waals surface area contributed by atoms with E-state index < -0.39 is 137 Å². The quantitative estimate of drug-likeness (QED) is 0.0282. The lowest BCUT2D eigenvalue weighted by Gasteiger charge is -2.33. The highest BCUT2D eigenvalue weighted by molar-refractivity contribution is 8.76. The molecule has 34 heteroatoms. The number of nitrogens with one attached hydrogen (secondary N) is 15. The summed E-state index contributed by atoms with van der Waals surface area (Å²) < 4.78 is 0. The van der Waals surface area contributed by atoms with Crippen molar-refractivity contribution in [2.24, 2.45) is 17.2 Å². The second-order valence-electron chi connectivity index (χ2n) is 27.5. The maximum Gasteiger partial charge on any atom is 0.257 e. The first-order chi connectivity index (χ1) is 52.7. The van der Waals surface area contributed by atoms with Gasteiger partial charge in [0.1, 0.15) is 54.4 Å². The average Bonchev–Trinajstić information content (AvgIpc) is 1.75. The summed E-state index contributed by atoms with van der Waals surface area (Å²) in [7, 11) is 2.28. The number of unbranched alkanes of at least 4 members (excludes halogenated alkanes) is 3. The minimum absolute atomic E-state index is 0.0200. The van der Waals surface area contributed by atoms with Gasteiger partial charge < -0.3 is 95.2 Å². The van der Waals surface area contributed by atoms with Crippen LogP contribution in [0.4, 0.5) is 0 Å². The molecule has 12 atom stereocenters. The number of fused-ring (bicyclic) bond motifs is 3. The van der Waals surface area contributed by atoms with Gasteiger partial charge in [0, 0.05) is 90.2 Å². The lowest BCUT2D eigenvalue weighted by atomic mass is 10.0. The highest BCUT2D eigenvalue weighted by Gasteiger charge is 2.41. The summed E-state index contributed by atoms with van der Waals surface area (Å²) in [5.41, 5.74) is 22.4. The van der Waals surface area contributed by atoms with Crippen LogP contribution >= 0.6 is 21.6 Å². The fourth-order valence-corrected chi connectivity index (χ4v) is 14.9. The van der Waals surface area contributed by atoms with Crippen molar-refractivity contribution < 1.29 is 52.7 Å². The van der Waals surface area contributed by atoms with Crippen molar-refractivity contribution in [3.05, 3.63) is 144 Å². The van der Waals surface area contributed by atoms with Gasteiger partial charge in [-0.3, -0.25) is 58.1 Å². The van der Waals surface area contributed by atoms with Gasteiger partial charge in [0.2, 0.25) is 59.1 Å². The summed E-state index contributed by atoms with van der Waals surface area (Å²) in [5, 5.41) is 32.1. The zero-order valence-electron chi connectivity index (χ0n) is 61.6. The molecule has 0 bridgehead atoms. The molecule has 21 N–H and O–H groups in total. The van der Waals surface area contributed by atoms with Crippen LogP contribution in [0.2, 0.25) is 0 Å². The van der Waals surface area contributed by atoms with Gasteiger partial charge in [-0.1, -0.05) is 88.3 Å². The summed E-state index contributed by atoms with van der Waals surface area (Å²) in [4.78, 5) is 187. The number of aromatic amines is 4. The van der Waals surface area contributed by atoms with E-state index in [0.29, 0.717) is 73.9 Å². The second kappa shape index (κ2) is 42.0. The number of para-hydroxylation sites is 2. The third kappa shape index (κ3) is 24.2. The highest BCUT2D eigenvalue weighted by Crippen LogP contribution is 2.28. The molecule has 1 unspecified atom stereocenters. The second-order valence-corrected chi connectivity index (χ2v) is 30.1. The van der Waals surface area contributed by atoms with E-state index in [9.17, 15) is 24.0 Å². The van der Waals surface area contributed by atoms with E-state index in [-0.39, 0.29) is 84.0 Å². The molecule has 109 heavy (non-hydrogen) atoms. The number of aromatic nitrogens is 6. The molecule has 7 aromatic rings. The molecular formula is C75H103N21O11S2. The van der Waals surface area contributed by atoms with Crippen LogP contribution in [0.3, 0.4) is 0 Å². The van der Waals surface area contributed by atoms with E-state index in [4.69, 9.17) is 17.2 Å². The Labute approximate surface area is 640 Å². The predicted octanol–water partition coefficient (Wildman–Crippen LogP) is 1.16. The van der Waals surface area contributed by atoms with Crippen LogP contribution in [0.25, 0.3) is 21.8 Å². The van der Waals surface area contributed by atoms with Gasteiger partial charge in [-0.15, -0.1) is 0 Å². The lowest BCUT2D eigenvalue weighted by Crippen LogP contribution is -2.61. The number of imidazole rings is 2. The van der Waals surface area contributed by atoms with E-state index in [1.165, 1.54) is 43.5 Å². The normalized spacial score (nSPS) is 24.1. The number of carbonyl (C=O) groups excluding carboxylic acids is 11. The number of aryl methyl sites for hydroxylation is 1. The van der Waals surface area contributed by atoms with Gasteiger partial charge in [-0.2, -0.15) is 0 Å². The fraction of sp³-hybridized carbons (Fsp3) is 0.480. The summed E-state index contributed by atoms with van der Waals surface area (Å²) >= 11 is 0. The standard InChI is InChI=1S/C75H103N21O11S2/c1-44-64(97)85-45(2)65(98)88-55(24-11-14-30-76)67(100)89-56(25-12-15-31-77)68(101)90-57(26-13-16-32-78)69(102)93-60(35-48-39-82-54-23-10-8-21-52(48)54)73(106)95-74(109-108-3)75(107)96-33-17-27-63(96)87-61(36-49-40-79-42-83-49)71(104)92-59(34-46-18-5-4-6-19-46)70(103)94-62(37-50-41-80-43-84-50)72(105)91-58(66(99)86-44)29-28-47-38-81-53-22-9-7-20-51(47)53/h4-10,18-23,38-45,55-63,74,81-82,87H,11-17,24-37,76-78H2,1-3H3,(H,79,83)(H,80,84)(H,85,97)(H,86,99)(H,88,98)(H,89,100)(H,90,101)(H,91,105)(H,92,104)(H,93,102)(H,94,103)(H,95,106)/t44-,45-,55-,56-,57-,58-,59+,60-,61-,62-,63-,74?/m0/s1. The van der Waals surface area contributed by atoms with Crippen molar-refractivity contribution in [3.8, 4) is 0 Å². The number of nitrogens with two attached hydrogens (primary N) is 3. The van der Waals surface area contributed by atoms with Gasteiger partial charge >= 0.3 is 0 Å². The molecule has 2 saturated heterocycles. The molecule has 586 valence electrons. The number of H-pyrrole nitrogens is 4. The molecule has 2 aliphatic rings. The molecule has 0 radical (unpaired) electrons. The Morgan fingerprint density at radius 1 is 0.431 bits per heavy atom. The zero-order chi connectivity index (χ0) is 77.8. The molecule has 0 spiro atoms. The number of carbonyl (C=O) groups is 11. The van der Waals surface area contributed by atoms with E-state index >= 15 is 28.8 Å². The summed E-state index contributed by atoms with van der Waals surface area (Å²) in [6.45, 7) is 3.74. The van der Waals surface area contributed by atoms with Crippen molar-refractivity contribution in [2.45, 2.75) is 195 Å². The first-order valence-corrected chi connectivity index (χ1v) is 39.8. The average molecular weight is 1540 g/mol. The van der Waals surface area contributed by atoms with Crippen LogP contribution in [-0.2, 0) is 84.8 Å². The number of amides is 11. The Hall–Kier alpha value is -10.1. The Balaban J connectivity index is 1.08. The lowest BCUT2D eigenvalue weighted by molar-refractivity contribution is -0.137. The van der Waals surface area contributed by atoms with Crippen LogP contribution < -0.4 is 75.7 Å². The number of rotatable bonds is 25. The van der Waals surface area contributed by atoms with Crippen molar-refractivity contribution in [1.82, 2.24) is 93.3 Å². The topological polar surface area (TPSA) is 490 Å². The Bertz CT molecular complexity index is 4160. The van der Waals surface area contributed by atoms with Crippen molar-refractivity contribution in [2.75, 3.05) is 32.4 Å². The molecule has 2 aliphatic heterocycles. The monoisotopic (exact) mass is 1540 g/mol. The van der Waals surface area contributed by atoms with Crippen molar-refractivity contribution >= 4 is 108 Å². The number of nitrogens with zero attached hydrogens (tertiary/aromatic N) is 3. The van der Waals surface area contributed by atoms with Gasteiger partial charge in [-0.05, 0) is 152 Å². The molecule has 4 aromatic heterocycles. The van der Waals surface area contributed by atoms with Crippen LogP contribution in [-0.4, -0.2) is 204 Å². The minimum Gasteiger partial charge on any atom is -0.361 e. The zero-order valence-corrected chi connectivity index (χ0v) is 63.3. The van der Waals surface area contributed by atoms with E-state index in [1.807, 2.05) is 48.5 Å². The molecule has 0 aliphatic carbocycles. The van der Waals surface area contributed by atoms with Gasteiger partial charge in [-0.25, -0.2) is 9.97 Å². The largest absolute Gasteiger partial charge is 0.361 e. The number of hydrogen-bond acceptors (Lipinski definition) is 19. The Morgan fingerprint density at radius 3 is 1.37 bits per heavy atom. The Morgan fingerprint density at radius 2 is 0.844 bits per heavy atom. The maximum absolute atomic E-state index is 15.3. The molecule has 9 rings (SSSR count). The minimum atomic E-state index is -1.44. The SMILES string of the molecule is CSSC1NC(=O)[C@H](Cc2c[nH]c3ccccc23)NC(=O)[C@H](CCCCN)NC(=O)[C@H](CCCCN)NC(=O)[C@H](CCCCN)NC(=O)[C@H](C)NC(=O)[C@H](C)NC(=O)[C@H](CCc2c[nH]c3ccccc23)NC(=O)[C@H](Cc2cnc[nH]2)NC(=O)[C@@H](Cc2ccccc2)NC(=O)[C@H](Cc2cnc[nH]2)N[C@@H]2CCCN2C1=O. The molecule has 11 amide bonds. The molecular weight excluding hydrogens is 1440 g/mol. The van der Waals surface area contributed by atoms with E-state index in [0.717, 1.165) is 38.2 Å². The molecule has 0 saturated carbocycles. The first kappa shape index (κ1) is 82.9. The van der Waals surface area contributed by atoms with Crippen molar-refractivity contribution in [3.63, 3.8) is 0 Å².